The second-order valence-electron chi connectivity index (χ2n) is 17.4. The third-order valence-corrected chi connectivity index (χ3v) is 14.2. The molecule has 14 aromatic carbocycles. The molecule has 64 heavy (non-hydrogen) atoms. The van der Waals surface area contributed by atoms with Crippen LogP contribution in [0.3, 0.4) is 0 Å². The lowest BCUT2D eigenvalue weighted by Gasteiger charge is -2.20. The lowest BCUT2D eigenvalue weighted by molar-refractivity contribution is 1.58. The molecule has 0 aromatic heterocycles. The van der Waals surface area contributed by atoms with E-state index in [4.69, 9.17) is 0 Å². The number of hydrogen-bond acceptors (Lipinski definition) is 0. The van der Waals surface area contributed by atoms with E-state index in [1.54, 1.807) is 0 Å². The molecular formula is C64H38. The van der Waals surface area contributed by atoms with Gasteiger partial charge in [-0.15, -0.1) is 0 Å². The molecule has 0 radical (unpaired) electrons. The summed E-state index contributed by atoms with van der Waals surface area (Å²) in [5.41, 5.74) is 12.4. The molecule has 0 fully saturated rings. The van der Waals surface area contributed by atoms with E-state index in [0.29, 0.717) is 0 Å². The standard InChI is InChI=1S/C64H38/c1-4-17-39(18-5-1)42-23-10-11-24-45(42)48-33-34-53-55-36-59-57(35-54(55)51-31-16-30-50(48)63(51)53)58-38-60-47-26-13-12-25-46(47)49-29-15-32-52(64(49)60)56(58)37-61(59)62-43(40-19-6-2-7-20-40)27-14-28-44(62)41-21-8-3-9-22-41/h1-38H. The highest BCUT2D eigenvalue weighted by molar-refractivity contribution is 6.39. The van der Waals surface area contributed by atoms with Crippen molar-refractivity contribution in [2.24, 2.45) is 0 Å². The van der Waals surface area contributed by atoms with Crippen LogP contribution in [-0.2, 0) is 0 Å². The number of rotatable bonds is 5. The predicted octanol–water partition coefficient (Wildman–Crippen LogP) is 18.1. The van der Waals surface area contributed by atoms with Gasteiger partial charge in [-0.2, -0.15) is 0 Å². The largest absolute Gasteiger partial charge is 0.0622 e. The molecule has 0 bridgehead atoms. The van der Waals surface area contributed by atoms with Crippen LogP contribution in [0.5, 0.6) is 0 Å². The van der Waals surface area contributed by atoms with Crippen molar-refractivity contribution in [3.05, 3.63) is 231 Å². The molecule has 0 heteroatoms. The molecule has 294 valence electrons. The predicted molar refractivity (Wildman–Crippen MR) is 276 cm³/mol. The molecule has 0 atom stereocenters. The SMILES string of the molecule is c1ccc(-c2ccccc2-c2ccc3c4cc5c(-c6c(-c7ccccc7)cccc6-c6ccccc6)cc6c(cc7c8ccccc8c8cccc6c87)c5cc4c4cccc2c34)cc1. The van der Waals surface area contributed by atoms with Crippen LogP contribution in [0.2, 0.25) is 0 Å². The van der Waals surface area contributed by atoms with Gasteiger partial charge in [0.2, 0.25) is 0 Å². The molecule has 0 saturated carbocycles. The molecule has 0 unspecified atom stereocenters. The number of benzene rings is 12. The first-order chi connectivity index (χ1) is 31.8. The molecule has 0 nitrogen and oxygen atoms in total. The first-order valence-corrected chi connectivity index (χ1v) is 22.3. The van der Waals surface area contributed by atoms with Gasteiger partial charge in [-0.25, -0.2) is 0 Å². The van der Waals surface area contributed by atoms with E-state index >= 15 is 0 Å². The zero-order valence-corrected chi connectivity index (χ0v) is 34.9. The normalized spacial score (nSPS) is 12.1. The summed E-state index contributed by atoms with van der Waals surface area (Å²) in [6.45, 7) is 0. The minimum Gasteiger partial charge on any atom is -0.0622 e. The molecule has 0 saturated heterocycles. The summed E-state index contributed by atoms with van der Waals surface area (Å²) >= 11 is 0. The zero-order chi connectivity index (χ0) is 41.9. The first kappa shape index (κ1) is 35.3. The lowest BCUT2D eigenvalue weighted by atomic mass is 9.83. The second kappa shape index (κ2) is 13.6. The van der Waals surface area contributed by atoms with Crippen molar-refractivity contribution in [3.63, 3.8) is 0 Å². The van der Waals surface area contributed by atoms with Gasteiger partial charge in [0.15, 0.2) is 0 Å². The van der Waals surface area contributed by atoms with Crippen molar-refractivity contribution in [3.8, 4) is 55.6 Å². The maximum atomic E-state index is 2.54. The Labute approximate surface area is 370 Å². The fourth-order valence-corrected chi connectivity index (χ4v) is 11.4. The number of fused-ring (bicyclic) bond motifs is 10. The van der Waals surface area contributed by atoms with Gasteiger partial charge in [0.1, 0.15) is 0 Å². The van der Waals surface area contributed by atoms with E-state index in [2.05, 4.69) is 231 Å². The Bertz CT molecular complexity index is 4090. The first-order valence-electron chi connectivity index (χ1n) is 22.3. The molecule has 0 amide bonds. The Morgan fingerprint density at radius 1 is 0.156 bits per heavy atom. The Morgan fingerprint density at radius 3 is 1.17 bits per heavy atom. The third kappa shape index (κ3) is 5.00. The summed E-state index contributed by atoms with van der Waals surface area (Å²) in [4.78, 5) is 0. The highest BCUT2D eigenvalue weighted by Gasteiger charge is 2.24. The van der Waals surface area contributed by atoms with Crippen LogP contribution in [0.25, 0.3) is 142 Å². The van der Waals surface area contributed by atoms with E-state index in [9.17, 15) is 0 Å². The van der Waals surface area contributed by atoms with E-state index < -0.39 is 0 Å². The molecule has 0 spiro atoms. The van der Waals surface area contributed by atoms with Crippen LogP contribution in [0.1, 0.15) is 0 Å². The van der Waals surface area contributed by atoms with Gasteiger partial charge in [0.05, 0.1) is 0 Å². The Balaban J connectivity index is 1.16. The second-order valence-corrected chi connectivity index (χ2v) is 17.4. The van der Waals surface area contributed by atoms with Crippen LogP contribution >= 0.6 is 0 Å². The molecular weight excluding hydrogens is 769 g/mol. The highest BCUT2D eigenvalue weighted by atomic mass is 14.3. The molecule has 0 N–H and O–H groups in total. The van der Waals surface area contributed by atoms with E-state index in [0.717, 1.165) is 0 Å². The van der Waals surface area contributed by atoms with E-state index in [1.165, 1.54) is 142 Å². The van der Waals surface area contributed by atoms with E-state index in [-0.39, 0.29) is 0 Å². The topological polar surface area (TPSA) is 0 Å². The molecule has 14 rings (SSSR count). The number of hydrogen-bond donors (Lipinski definition) is 0. The average Bonchev–Trinajstić information content (AvgIpc) is 3.87. The van der Waals surface area contributed by atoms with Crippen LogP contribution in [-0.4, -0.2) is 0 Å². The molecule has 14 aromatic rings. The van der Waals surface area contributed by atoms with Gasteiger partial charge in [0, 0.05) is 0 Å². The monoisotopic (exact) mass is 806 g/mol. The molecule has 0 aliphatic carbocycles. The van der Waals surface area contributed by atoms with Gasteiger partial charge in [0.25, 0.3) is 0 Å². The summed E-state index contributed by atoms with van der Waals surface area (Å²) in [6, 6.07) is 86.1. The fourth-order valence-electron chi connectivity index (χ4n) is 11.4. The molecule has 0 aliphatic heterocycles. The zero-order valence-electron chi connectivity index (χ0n) is 34.9. The van der Waals surface area contributed by atoms with Crippen molar-refractivity contribution < 1.29 is 0 Å². The minimum atomic E-state index is 1.21. The van der Waals surface area contributed by atoms with Crippen LogP contribution in [0.4, 0.5) is 0 Å². The third-order valence-electron chi connectivity index (χ3n) is 14.2. The van der Waals surface area contributed by atoms with Crippen LogP contribution in [0.15, 0.2) is 231 Å². The van der Waals surface area contributed by atoms with Crippen molar-refractivity contribution in [2.75, 3.05) is 0 Å². The summed E-state index contributed by atoms with van der Waals surface area (Å²) < 4.78 is 0. The fraction of sp³-hybridized carbons (Fsp3) is 0. The van der Waals surface area contributed by atoms with Crippen LogP contribution in [0, 0.1) is 0 Å². The lowest BCUT2D eigenvalue weighted by Crippen LogP contribution is -1.93. The molecule has 0 heterocycles. The molecule has 0 aliphatic rings. The van der Waals surface area contributed by atoms with Crippen molar-refractivity contribution in [1.29, 1.82) is 0 Å². The van der Waals surface area contributed by atoms with Crippen molar-refractivity contribution in [2.45, 2.75) is 0 Å². The summed E-state index contributed by atoms with van der Waals surface area (Å²) in [5.74, 6) is 0. The highest BCUT2D eigenvalue weighted by Crippen LogP contribution is 2.51. The Hall–Kier alpha value is -8.32. The maximum Gasteiger partial charge on any atom is -0.00199 e. The smallest absolute Gasteiger partial charge is 0.00199 e. The Morgan fingerprint density at radius 2 is 0.531 bits per heavy atom. The summed E-state index contributed by atoms with van der Waals surface area (Å²) in [7, 11) is 0. The van der Waals surface area contributed by atoms with Gasteiger partial charge < -0.3 is 0 Å². The summed E-state index contributed by atoms with van der Waals surface area (Å²) in [6.07, 6.45) is 0. The van der Waals surface area contributed by atoms with Crippen molar-refractivity contribution >= 4 is 86.2 Å². The van der Waals surface area contributed by atoms with Gasteiger partial charge in [-0.05, 0) is 166 Å². The maximum absolute atomic E-state index is 2.54. The van der Waals surface area contributed by atoms with E-state index in [1.807, 2.05) is 0 Å². The van der Waals surface area contributed by atoms with Crippen LogP contribution < -0.4 is 0 Å². The minimum absolute atomic E-state index is 1.21. The van der Waals surface area contributed by atoms with Gasteiger partial charge in [-0.3, -0.25) is 0 Å². The average molecular weight is 807 g/mol. The van der Waals surface area contributed by atoms with Gasteiger partial charge in [-0.1, -0.05) is 206 Å². The van der Waals surface area contributed by atoms with Crippen molar-refractivity contribution in [1.82, 2.24) is 0 Å². The summed E-state index contributed by atoms with van der Waals surface area (Å²) in [5, 5.41) is 20.8. The quantitative estimate of drug-likeness (QED) is 0.152. The Kier molecular flexibility index (Phi) is 7.49. The van der Waals surface area contributed by atoms with Gasteiger partial charge >= 0.3 is 0 Å².